The van der Waals surface area contributed by atoms with Crippen molar-refractivity contribution in [2.24, 2.45) is 0 Å². The Bertz CT molecular complexity index is 694. The fraction of sp³-hybridized carbons (Fsp3) is 0.679. The molecule has 0 fully saturated rings. The first-order chi connectivity index (χ1) is 19.4. The minimum absolute atomic E-state index is 0.306. The quantitative estimate of drug-likeness (QED) is 0.0784. The second-order valence-corrected chi connectivity index (χ2v) is 7.69. The lowest BCUT2D eigenvalue weighted by Crippen LogP contribution is -2.15. The second-order valence-electron chi connectivity index (χ2n) is 7.69. The highest BCUT2D eigenvalue weighted by Crippen LogP contribution is 2.10. The smallest absolute Gasteiger partial charge is 0.150 e. The molecule has 0 unspecified atom stereocenters. The number of hydrogen-bond acceptors (Lipinski definition) is 11. The largest absolute Gasteiger partial charge is 0.491 e. The van der Waals surface area contributed by atoms with E-state index in [1.165, 1.54) is 0 Å². The summed E-state index contributed by atoms with van der Waals surface area (Å²) < 4.78 is 54.0. The molecule has 0 N–H and O–H groups in total. The van der Waals surface area contributed by atoms with Gasteiger partial charge in [0.15, 0.2) is 0 Å². The highest BCUT2D eigenvalue weighted by atomic mass is 16.6. The Hall–Kier alpha value is -2.11. The third-order valence-electron chi connectivity index (χ3n) is 4.67. The Morgan fingerprint density at radius 1 is 0.487 bits per heavy atom. The summed E-state index contributed by atoms with van der Waals surface area (Å²) >= 11 is 0. The van der Waals surface area contributed by atoms with Gasteiger partial charge in [-0.05, 0) is 24.3 Å². The van der Waals surface area contributed by atoms with Crippen molar-refractivity contribution in [2.45, 2.75) is 0 Å². The molecule has 0 spiro atoms. The number of benzene rings is 1. The molecule has 1 aromatic carbocycles. The van der Waals surface area contributed by atoms with Crippen molar-refractivity contribution in [1.82, 2.24) is 0 Å². The topological polar surface area (TPSA) is 109 Å². The molecule has 11 heteroatoms. The Morgan fingerprint density at radius 3 is 1.10 bits per heavy atom. The van der Waals surface area contributed by atoms with Crippen LogP contribution in [0.4, 0.5) is 0 Å². The van der Waals surface area contributed by atoms with Crippen molar-refractivity contribution in [3.63, 3.8) is 0 Å². The molecular formula is C28H44O11. The van der Waals surface area contributed by atoms with Crippen molar-refractivity contribution in [2.75, 3.05) is 126 Å². The van der Waals surface area contributed by atoms with Crippen LogP contribution in [-0.2, 0) is 42.6 Å². The first-order valence-corrected chi connectivity index (χ1v) is 13.2. The molecule has 0 saturated heterocycles. The van der Waals surface area contributed by atoms with Crippen LogP contribution in [0.25, 0.3) is 0 Å². The third kappa shape index (κ3) is 24.7. The molecular weight excluding hydrogens is 512 g/mol. The van der Waals surface area contributed by atoms with Crippen LogP contribution in [0.5, 0.6) is 5.75 Å². The van der Waals surface area contributed by atoms with E-state index in [0.29, 0.717) is 137 Å². The van der Waals surface area contributed by atoms with Gasteiger partial charge < -0.3 is 47.4 Å². The van der Waals surface area contributed by atoms with E-state index >= 15 is 0 Å². The molecule has 1 aromatic rings. The van der Waals surface area contributed by atoms with Crippen LogP contribution in [-0.4, -0.2) is 132 Å². The van der Waals surface area contributed by atoms with Crippen molar-refractivity contribution in [3.8, 4) is 18.1 Å². The predicted octanol–water partition coefficient (Wildman–Crippen LogP) is 1.66. The normalized spacial score (nSPS) is 10.9. The van der Waals surface area contributed by atoms with Crippen LogP contribution < -0.4 is 4.74 Å². The molecule has 39 heavy (non-hydrogen) atoms. The van der Waals surface area contributed by atoms with E-state index in [9.17, 15) is 4.79 Å². The lowest BCUT2D eigenvalue weighted by atomic mass is 10.2. The van der Waals surface area contributed by atoms with Crippen molar-refractivity contribution in [1.29, 1.82) is 0 Å². The summed E-state index contributed by atoms with van der Waals surface area (Å²) in [7, 11) is 0. The highest BCUT2D eigenvalue weighted by molar-refractivity contribution is 5.74. The zero-order valence-corrected chi connectivity index (χ0v) is 22.9. The van der Waals surface area contributed by atoms with E-state index in [2.05, 4.69) is 5.92 Å². The molecule has 0 aliphatic heterocycles. The number of hydrogen-bond donors (Lipinski definition) is 0. The molecule has 0 aliphatic rings. The van der Waals surface area contributed by atoms with E-state index in [-0.39, 0.29) is 0 Å². The van der Waals surface area contributed by atoms with Crippen LogP contribution in [0, 0.1) is 12.3 Å². The van der Waals surface area contributed by atoms with Gasteiger partial charge in [0.2, 0.25) is 0 Å². The van der Waals surface area contributed by atoms with Gasteiger partial charge in [-0.25, -0.2) is 0 Å². The summed E-state index contributed by atoms with van der Waals surface area (Å²) in [6.45, 7) is 9.20. The van der Waals surface area contributed by atoms with Gasteiger partial charge >= 0.3 is 0 Å². The van der Waals surface area contributed by atoms with Gasteiger partial charge in [0.1, 0.15) is 25.2 Å². The zero-order valence-electron chi connectivity index (χ0n) is 22.9. The third-order valence-corrected chi connectivity index (χ3v) is 4.67. The monoisotopic (exact) mass is 556 g/mol. The fourth-order valence-electron chi connectivity index (χ4n) is 2.75. The van der Waals surface area contributed by atoms with Gasteiger partial charge in [-0.3, -0.25) is 4.79 Å². The number of ether oxygens (including phenoxy) is 10. The van der Waals surface area contributed by atoms with Crippen molar-refractivity contribution >= 4 is 6.29 Å². The van der Waals surface area contributed by atoms with E-state index in [1.807, 2.05) is 0 Å². The molecule has 222 valence electrons. The SMILES string of the molecule is C#CCOCCOCCOCCOCCOCCOCCOCCOCCOCCOc1ccc(C=O)cc1. The summed E-state index contributed by atoms with van der Waals surface area (Å²) in [5, 5.41) is 0. The Balaban J connectivity index is 1.66. The van der Waals surface area contributed by atoms with Crippen LogP contribution >= 0.6 is 0 Å². The Morgan fingerprint density at radius 2 is 0.795 bits per heavy atom. The summed E-state index contributed by atoms with van der Waals surface area (Å²) in [6, 6.07) is 6.93. The lowest BCUT2D eigenvalue weighted by molar-refractivity contribution is -0.0249. The average molecular weight is 557 g/mol. The van der Waals surface area contributed by atoms with Gasteiger partial charge in [-0.2, -0.15) is 0 Å². The maximum absolute atomic E-state index is 10.6. The first kappa shape index (κ1) is 34.9. The summed E-state index contributed by atoms with van der Waals surface area (Å²) in [5.41, 5.74) is 0.618. The first-order valence-electron chi connectivity index (χ1n) is 13.2. The van der Waals surface area contributed by atoms with E-state index in [4.69, 9.17) is 53.8 Å². The molecule has 11 nitrogen and oxygen atoms in total. The molecule has 0 aliphatic carbocycles. The van der Waals surface area contributed by atoms with Crippen LogP contribution in [0.3, 0.4) is 0 Å². The Labute approximate surface area is 232 Å². The molecule has 0 atom stereocenters. The predicted molar refractivity (Wildman–Crippen MR) is 144 cm³/mol. The summed E-state index contributed by atoms with van der Waals surface area (Å²) in [6.07, 6.45) is 5.87. The minimum atomic E-state index is 0.306. The number of carbonyl (C=O) groups excluding carboxylic acids is 1. The molecule has 0 radical (unpaired) electrons. The average Bonchev–Trinajstić information content (AvgIpc) is 2.96. The molecule has 0 heterocycles. The van der Waals surface area contributed by atoms with Crippen LogP contribution in [0.2, 0.25) is 0 Å². The van der Waals surface area contributed by atoms with Gasteiger partial charge in [0.25, 0.3) is 0 Å². The summed E-state index contributed by atoms with van der Waals surface area (Å²) in [4.78, 5) is 10.6. The summed E-state index contributed by atoms with van der Waals surface area (Å²) in [5.74, 6) is 3.10. The maximum Gasteiger partial charge on any atom is 0.150 e. The number of terminal acetylenes is 1. The molecule has 0 saturated carbocycles. The van der Waals surface area contributed by atoms with E-state index < -0.39 is 0 Å². The van der Waals surface area contributed by atoms with Gasteiger partial charge in [0.05, 0.1) is 112 Å². The van der Waals surface area contributed by atoms with E-state index in [1.54, 1.807) is 24.3 Å². The maximum atomic E-state index is 10.6. The van der Waals surface area contributed by atoms with Crippen LogP contribution in [0.15, 0.2) is 24.3 Å². The zero-order chi connectivity index (χ0) is 27.9. The van der Waals surface area contributed by atoms with Crippen LogP contribution in [0.1, 0.15) is 10.4 Å². The number of carbonyl (C=O) groups is 1. The fourth-order valence-corrected chi connectivity index (χ4v) is 2.75. The molecule has 1 rings (SSSR count). The highest BCUT2D eigenvalue weighted by Gasteiger charge is 1.97. The molecule has 0 aromatic heterocycles. The molecule has 0 bridgehead atoms. The van der Waals surface area contributed by atoms with E-state index in [0.717, 1.165) is 6.29 Å². The minimum Gasteiger partial charge on any atom is -0.491 e. The van der Waals surface area contributed by atoms with Crippen molar-refractivity contribution in [3.05, 3.63) is 29.8 Å². The second kappa shape index (κ2) is 28.9. The van der Waals surface area contributed by atoms with Crippen molar-refractivity contribution < 1.29 is 52.2 Å². The van der Waals surface area contributed by atoms with Gasteiger partial charge in [-0.1, -0.05) is 5.92 Å². The van der Waals surface area contributed by atoms with Gasteiger partial charge in [-0.15, -0.1) is 6.42 Å². The number of rotatable bonds is 30. The standard InChI is InChI=1S/C28H44O11/c1-2-7-30-8-9-31-10-11-32-12-13-33-14-15-34-16-17-35-18-19-36-20-21-37-22-23-38-24-25-39-28-5-3-27(26-29)4-6-28/h1,3-6,26H,7-25H2. The number of aldehydes is 1. The lowest BCUT2D eigenvalue weighted by Gasteiger charge is -2.09. The Kier molecular flexibility index (Phi) is 25.9. The van der Waals surface area contributed by atoms with Gasteiger partial charge in [0, 0.05) is 5.56 Å². The molecule has 0 amide bonds.